The summed E-state index contributed by atoms with van der Waals surface area (Å²) in [6.07, 6.45) is 3.13. The summed E-state index contributed by atoms with van der Waals surface area (Å²) in [6.45, 7) is 4.75. The molecule has 1 N–H and O–H groups in total. The highest BCUT2D eigenvalue weighted by Gasteiger charge is 2.34. The van der Waals surface area contributed by atoms with Crippen molar-refractivity contribution in [1.82, 2.24) is 5.32 Å². The van der Waals surface area contributed by atoms with Crippen molar-refractivity contribution in [1.29, 1.82) is 0 Å². The summed E-state index contributed by atoms with van der Waals surface area (Å²) in [5.41, 5.74) is 0. The fraction of sp³-hybridized carbons (Fsp3) is 0.917. The lowest BCUT2D eigenvalue weighted by atomic mass is 10.2. The predicted molar refractivity (Wildman–Crippen MR) is 70.1 cm³/mol. The van der Waals surface area contributed by atoms with Crippen molar-refractivity contribution in [3.8, 4) is 0 Å². The summed E-state index contributed by atoms with van der Waals surface area (Å²) in [7, 11) is -3.37. The first-order chi connectivity index (χ1) is 8.48. The minimum absolute atomic E-state index is 0.00984. The second-order valence-electron chi connectivity index (χ2n) is 4.76. The van der Waals surface area contributed by atoms with E-state index in [1.807, 2.05) is 6.92 Å². The second-order valence-corrected chi connectivity index (χ2v) is 6.87. The maximum Gasteiger partial charge on any atom is 0.321 e. The van der Waals surface area contributed by atoms with Crippen LogP contribution >= 0.6 is 0 Å². The topological polar surface area (TPSA) is 72.5 Å². The van der Waals surface area contributed by atoms with Gasteiger partial charge >= 0.3 is 5.97 Å². The number of carbonyl (C=O) groups excluding carboxylic acids is 1. The summed E-state index contributed by atoms with van der Waals surface area (Å²) in [5, 5.41) is 3.26. The van der Waals surface area contributed by atoms with Crippen LogP contribution in [0.3, 0.4) is 0 Å². The van der Waals surface area contributed by atoms with Crippen LogP contribution < -0.4 is 5.32 Å². The average Bonchev–Trinajstić information content (AvgIpc) is 3.07. The summed E-state index contributed by atoms with van der Waals surface area (Å²) in [5.74, 6) is -0.662. The van der Waals surface area contributed by atoms with Gasteiger partial charge in [-0.25, -0.2) is 8.42 Å². The van der Waals surface area contributed by atoms with E-state index >= 15 is 0 Å². The van der Waals surface area contributed by atoms with E-state index in [1.165, 1.54) is 0 Å². The van der Waals surface area contributed by atoms with Gasteiger partial charge in [0.1, 0.15) is 5.75 Å². The molecule has 0 aromatic carbocycles. The number of ether oxygens (including phenoxy) is 1. The molecule has 0 spiro atoms. The molecule has 106 valence electrons. The molecule has 1 saturated carbocycles. The fourth-order valence-corrected chi connectivity index (χ4v) is 3.40. The zero-order chi connectivity index (χ0) is 13.6. The van der Waals surface area contributed by atoms with Gasteiger partial charge in [-0.2, -0.15) is 0 Å². The molecule has 0 saturated heterocycles. The number of sulfone groups is 1. The zero-order valence-electron chi connectivity index (χ0n) is 11.1. The summed E-state index contributed by atoms with van der Waals surface area (Å²) >= 11 is 0. The molecule has 6 heteroatoms. The number of esters is 1. The Morgan fingerprint density at radius 1 is 1.39 bits per heavy atom. The van der Waals surface area contributed by atoms with Crippen molar-refractivity contribution in [2.24, 2.45) is 5.92 Å². The minimum atomic E-state index is -3.37. The molecule has 5 nitrogen and oxygen atoms in total. The Bertz CT molecular complexity index is 362. The molecule has 1 fully saturated rings. The first-order valence-corrected chi connectivity index (χ1v) is 8.40. The molecule has 1 aliphatic rings. The predicted octanol–water partition coefficient (Wildman–Crippen LogP) is 0.742. The lowest BCUT2D eigenvalue weighted by molar-refractivity contribution is -0.139. The highest BCUT2D eigenvalue weighted by molar-refractivity contribution is 7.92. The van der Waals surface area contributed by atoms with Crippen molar-refractivity contribution in [2.75, 3.05) is 24.7 Å². The molecule has 1 aliphatic carbocycles. The van der Waals surface area contributed by atoms with E-state index in [1.54, 1.807) is 6.92 Å². The number of rotatable bonds is 9. The highest BCUT2D eigenvalue weighted by Crippen LogP contribution is 2.33. The van der Waals surface area contributed by atoms with E-state index in [2.05, 4.69) is 10.1 Å². The molecule has 0 heterocycles. The van der Waals surface area contributed by atoms with Crippen molar-refractivity contribution in [3.63, 3.8) is 0 Å². The van der Waals surface area contributed by atoms with Gasteiger partial charge in [0.05, 0.1) is 12.4 Å². The fourth-order valence-electron chi connectivity index (χ4n) is 1.90. The quantitative estimate of drug-likeness (QED) is 0.629. The Morgan fingerprint density at radius 3 is 2.56 bits per heavy atom. The number of hydrogen-bond donors (Lipinski definition) is 1. The molecule has 0 radical (unpaired) electrons. The number of carbonyl (C=O) groups is 1. The monoisotopic (exact) mass is 277 g/mol. The second kappa shape index (κ2) is 7.09. The lowest BCUT2D eigenvalue weighted by Crippen LogP contribution is -2.39. The first kappa shape index (κ1) is 15.4. The van der Waals surface area contributed by atoms with Crippen LogP contribution in [0.5, 0.6) is 0 Å². The van der Waals surface area contributed by atoms with E-state index < -0.39 is 21.6 Å². The van der Waals surface area contributed by atoms with Crippen molar-refractivity contribution >= 4 is 15.8 Å². The van der Waals surface area contributed by atoms with Gasteiger partial charge in [0.25, 0.3) is 0 Å². The average molecular weight is 277 g/mol. The van der Waals surface area contributed by atoms with Crippen LogP contribution in [0.2, 0.25) is 0 Å². The largest absolute Gasteiger partial charge is 0.465 e. The van der Waals surface area contributed by atoms with Gasteiger partial charge in [-0.15, -0.1) is 0 Å². The molecule has 18 heavy (non-hydrogen) atoms. The normalized spacial score (nSPS) is 17.4. The van der Waals surface area contributed by atoms with Crippen LogP contribution in [0, 0.1) is 5.92 Å². The Labute approximate surface area is 109 Å². The smallest absolute Gasteiger partial charge is 0.321 e. The Morgan fingerprint density at radius 2 is 2.06 bits per heavy atom. The molecule has 1 rings (SSSR count). The minimum Gasteiger partial charge on any atom is -0.465 e. The van der Waals surface area contributed by atoms with Crippen molar-refractivity contribution in [3.05, 3.63) is 0 Å². The maximum atomic E-state index is 11.9. The first-order valence-electron chi connectivity index (χ1n) is 6.58. The molecule has 0 aromatic heterocycles. The van der Waals surface area contributed by atoms with Gasteiger partial charge in [-0.3, -0.25) is 4.79 Å². The molecule has 1 atom stereocenters. The molecular weight excluding hydrogens is 254 g/mol. The van der Waals surface area contributed by atoms with E-state index in [0.29, 0.717) is 5.92 Å². The SMILES string of the molecule is CCCNC(CS(=O)(=O)CC(=O)OCC)C1CC1. The van der Waals surface area contributed by atoms with E-state index in [4.69, 9.17) is 0 Å². The Kier molecular flexibility index (Phi) is 6.08. The van der Waals surface area contributed by atoms with Crippen LogP contribution in [-0.2, 0) is 19.4 Å². The van der Waals surface area contributed by atoms with Crippen LogP contribution in [0.15, 0.2) is 0 Å². The molecule has 0 aromatic rings. The van der Waals surface area contributed by atoms with Crippen LogP contribution in [0.1, 0.15) is 33.1 Å². The third kappa shape index (κ3) is 5.82. The van der Waals surface area contributed by atoms with E-state index in [-0.39, 0.29) is 18.4 Å². The lowest BCUT2D eigenvalue weighted by Gasteiger charge is -2.17. The molecule has 1 unspecified atom stereocenters. The third-order valence-corrected chi connectivity index (χ3v) is 4.47. The van der Waals surface area contributed by atoms with Gasteiger partial charge in [-0.1, -0.05) is 6.92 Å². The molecular formula is C12H23NO4S. The van der Waals surface area contributed by atoms with E-state index in [0.717, 1.165) is 25.8 Å². The van der Waals surface area contributed by atoms with Gasteiger partial charge in [0.15, 0.2) is 9.84 Å². The van der Waals surface area contributed by atoms with Crippen LogP contribution in [0.4, 0.5) is 0 Å². The Balaban J connectivity index is 2.47. The van der Waals surface area contributed by atoms with Crippen molar-refractivity contribution in [2.45, 2.75) is 39.2 Å². The van der Waals surface area contributed by atoms with Crippen molar-refractivity contribution < 1.29 is 17.9 Å². The summed E-state index contributed by atoms with van der Waals surface area (Å²) in [6, 6.07) is -0.00984. The van der Waals surface area contributed by atoms with Crippen LogP contribution in [-0.4, -0.2) is 45.1 Å². The number of nitrogens with one attached hydrogen (secondary N) is 1. The van der Waals surface area contributed by atoms with Gasteiger partial charge in [0.2, 0.25) is 0 Å². The number of hydrogen-bond acceptors (Lipinski definition) is 5. The zero-order valence-corrected chi connectivity index (χ0v) is 12.0. The van der Waals surface area contributed by atoms with Gasteiger partial charge < -0.3 is 10.1 Å². The molecule has 0 amide bonds. The third-order valence-electron chi connectivity index (χ3n) is 2.92. The van der Waals surface area contributed by atoms with E-state index in [9.17, 15) is 13.2 Å². The summed E-state index contributed by atoms with van der Waals surface area (Å²) in [4.78, 5) is 11.2. The summed E-state index contributed by atoms with van der Waals surface area (Å²) < 4.78 is 28.4. The van der Waals surface area contributed by atoms with Gasteiger partial charge in [-0.05, 0) is 38.6 Å². The standard InChI is InChI=1S/C12H23NO4S/c1-3-7-13-11(10-5-6-10)8-18(15,16)9-12(14)17-4-2/h10-11,13H,3-9H2,1-2H3. The molecule has 0 bridgehead atoms. The maximum absolute atomic E-state index is 11.9. The highest BCUT2D eigenvalue weighted by atomic mass is 32.2. The van der Waals surface area contributed by atoms with Gasteiger partial charge in [0, 0.05) is 6.04 Å². The molecule has 0 aliphatic heterocycles. The van der Waals surface area contributed by atoms with Crippen LogP contribution in [0.25, 0.3) is 0 Å². The Hall–Kier alpha value is -0.620.